The summed E-state index contributed by atoms with van der Waals surface area (Å²) in [4.78, 5) is -0.0364. The third kappa shape index (κ3) is 3.15. The van der Waals surface area contributed by atoms with Crippen molar-refractivity contribution in [2.24, 2.45) is 0 Å². The molecule has 0 aromatic heterocycles. The lowest BCUT2D eigenvalue weighted by Gasteiger charge is -2.09. The van der Waals surface area contributed by atoms with Gasteiger partial charge < -0.3 is 5.11 Å². The summed E-state index contributed by atoms with van der Waals surface area (Å²) in [6.07, 6.45) is 0. The molecule has 0 heterocycles. The van der Waals surface area contributed by atoms with Crippen molar-refractivity contribution in [3.05, 3.63) is 53.3 Å². The maximum Gasteiger partial charge on any atom is 0.261 e. The molecule has 100 valence electrons. The van der Waals surface area contributed by atoms with Crippen LogP contribution in [0.25, 0.3) is 0 Å². The average molecular weight is 302 g/mol. The first kappa shape index (κ1) is 13.6. The lowest BCUT2D eigenvalue weighted by molar-refractivity contribution is 0.475. The van der Waals surface area contributed by atoms with E-state index in [0.29, 0.717) is 0 Å². The zero-order chi connectivity index (χ0) is 14.0. The van der Waals surface area contributed by atoms with E-state index in [0.717, 1.165) is 12.1 Å². The Hall–Kier alpha value is -1.79. The van der Waals surface area contributed by atoms with E-state index in [4.69, 9.17) is 16.7 Å². The number of hydrogen-bond acceptors (Lipinski definition) is 3. The molecule has 0 aliphatic rings. The van der Waals surface area contributed by atoms with Gasteiger partial charge in [0.05, 0.1) is 15.6 Å². The van der Waals surface area contributed by atoms with Gasteiger partial charge in [0.2, 0.25) is 0 Å². The van der Waals surface area contributed by atoms with Gasteiger partial charge in [-0.3, -0.25) is 4.72 Å². The molecule has 2 aromatic rings. The maximum atomic E-state index is 12.9. The SMILES string of the molecule is O=S(=O)(Nc1ccc(F)cc1Cl)c1ccc(O)cc1. The Morgan fingerprint density at radius 3 is 2.32 bits per heavy atom. The third-order valence-corrected chi connectivity index (χ3v) is 4.02. The van der Waals surface area contributed by atoms with Gasteiger partial charge in [0.25, 0.3) is 10.0 Å². The van der Waals surface area contributed by atoms with E-state index >= 15 is 0 Å². The molecular weight excluding hydrogens is 293 g/mol. The predicted octanol–water partition coefficient (Wildman–Crippen LogP) is 2.99. The number of sulfonamides is 1. The van der Waals surface area contributed by atoms with E-state index < -0.39 is 15.8 Å². The van der Waals surface area contributed by atoms with E-state index in [1.54, 1.807) is 0 Å². The molecule has 2 aromatic carbocycles. The molecule has 7 heteroatoms. The van der Waals surface area contributed by atoms with Crippen LogP contribution in [-0.4, -0.2) is 13.5 Å². The van der Waals surface area contributed by atoms with Crippen molar-refractivity contribution >= 4 is 27.3 Å². The molecule has 0 spiro atoms. The van der Waals surface area contributed by atoms with Gasteiger partial charge in [0.15, 0.2) is 0 Å². The maximum absolute atomic E-state index is 12.9. The number of phenols is 1. The van der Waals surface area contributed by atoms with Gasteiger partial charge in [-0.2, -0.15) is 0 Å². The Bertz CT molecular complexity index is 701. The highest BCUT2D eigenvalue weighted by Crippen LogP contribution is 2.25. The van der Waals surface area contributed by atoms with Crippen LogP contribution in [0, 0.1) is 5.82 Å². The Morgan fingerprint density at radius 1 is 1.11 bits per heavy atom. The number of rotatable bonds is 3. The fourth-order valence-electron chi connectivity index (χ4n) is 1.40. The monoisotopic (exact) mass is 301 g/mol. The van der Waals surface area contributed by atoms with Crippen LogP contribution in [0.3, 0.4) is 0 Å². The van der Waals surface area contributed by atoms with Gasteiger partial charge in [0.1, 0.15) is 11.6 Å². The lowest BCUT2D eigenvalue weighted by atomic mass is 10.3. The summed E-state index contributed by atoms with van der Waals surface area (Å²) >= 11 is 5.74. The molecule has 0 aliphatic heterocycles. The first-order valence-corrected chi connectivity index (χ1v) is 7.01. The first-order valence-electron chi connectivity index (χ1n) is 5.15. The minimum absolute atomic E-state index is 0.0364. The minimum atomic E-state index is -3.83. The molecule has 19 heavy (non-hydrogen) atoms. The van der Waals surface area contributed by atoms with Crippen molar-refractivity contribution in [3.8, 4) is 5.75 Å². The van der Waals surface area contributed by atoms with Gasteiger partial charge in [-0.05, 0) is 42.5 Å². The van der Waals surface area contributed by atoms with Crippen LogP contribution in [0.1, 0.15) is 0 Å². The highest BCUT2D eigenvalue weighted by atomic mass is 35.5. The summed E-state index contributed by atoms with van der Waals surface area (Å²) < 4.78 is 39.1. The number of aromatic hydroxyl groups is 1. The number of benzene rings is 2. The van der Waals surface area contributed by atoms with Gasteiger partial charge >= 0.3 is 0 Å². The zero-order valence-electron chi connectivity index (χ0n) is 9.47. The molecule has 0 atom stereocenters. The van der Waals surface area contributed by atoms with Crippen LogP contribution in [0.4, 0.5) is 10.1 Å². The molecule has 0 saturated heterocycles. The standard InChI is InChI=1S/C12H9ClFNO3S/c13-11-7-8(14)1-6-12(11)15-19(17,18)10-4-2-9(16)3-5-10/h1-7,15-16H. The van der Waals surface area contributed by atoms with E-state index in [1.165, 1.54) is 30.3 Å². The van der Waals surface area contributed by atoms with Crippen molar-refractivity contribution in [2.75, 3.05) is 4.72 Å². The average Bonchev–Trinajstić information content (AvgIpc) is 2.33. The smallest absolute Gasteiger partial charge is 0.261 e. The Balaban J connectivity index is 2.33. The summed E-state index contributed by atoms with van der Waals surface area (Å²) in [5, 5.41) is 9.07. The number of halogens is 2. The summed E-state index contributed by atoms with van der Waals surface area (Å²) in [5.41, 5.74) is 0.0798. The van der Waals surface area contributed by atoms with Gasteiger partial charge in [-0.1, -0.05) is 11.6 Å². The normalized spacial score (nSPS) is 11.3. The second kappa shape index (κ2) is 5.07. The zero-order valence-corrected chi connectivity index (χ0v) is 11.0. The molecule has 0 aliphatic carbocycles. The first-order chi connectivity index (χ1) is 8.88. The molecule has 2 rings (SSSR count). The summed E-state index contributed by atoms with van der Waals surface area (Å²) in [7, 11) is -3.83. The largest absolute Gasteiger partial charge is 0.508 e. The highest BCUT2D eigenvalue weighted by Gasteiger charge is 2.15. The summed E-state index contributed by atoms with van der Waals surface area (Å²) in [5.74, 6) is -0.601. The van der Waals surface area contributed by atoms with Gasteiger partial charge in [0, 0.05) is 0 Å². The minimum Gasteiger partial charge on any atom is -0.508 e. The topological polar surface area (TPSA) is 66.4 Å². The lowest BCUT2D eigenvalue weighted by Crippen LogP contribution is -2.13. The van der Waals surface area contributed by atoms with Crippen LogP contribution in [0.5, 0.6) is 5.75 Å². The number of hydrogen-bond donors (Lipinski definition) is 2. The van der Waals surface area contributed by atoms with Crippen molar-refractivity contribution in [2.45, 2.75) is 4.90 Å². The Kier molecular flexibility index (Phi) is 3.64. The number of nitrogens with one attached hydrogen (secondary N) is 1. The van der Waals surface area contributed by atoms with Crippen molar-refractivity contribution < 1.29 is 17.9 Å². The van der Waals surface area contributed by atoms with Gasteiger partial charge in [-0.25, -0.2) is 12.8 Å². The van der Waals surface area contributed by atoms with E-state index in [2.05, 4.69) is 4.72 Å². The molecular formula is C12H9ClFNO3S. The molecule has 0 bridgehead atoms. The van der Waals surface area contributed by atoms with Crippen LogP contribution >= 0.6 is 11.6 Å². The quantitative estimate of drug-likeness (QED) is 0.916. The summed E-state index contributed by atoms with van der Waals surface area (Å²) in [6.45, 7) is 0. The second-order valence-electron chi connectivity index (χ2n) is 3.72. The molecule has 0 amide bonds. The van der Waals surface area contributed by atoms with Crippen LogP contribution in [0.2, 0.25) is 5.02 Å². The second-order valence-corrected chi connectivity index (χ2v) is 5.81. The Morgan fingerprint density at radius 2 is 1.74 bits per heavy atom. The van der Waals surface area contributed by atoms with Crippen LogP contribution in [-0.2, 0) is 10.0 Å². The molecule has 0 fully saturated rings. The van der Waals surface area contributed by atoms with Crippen molar-refractivity contribution in [1.82, 2.24) is 0 Å². The molecule has 4 nitrogen and oxygen atoms in total. The number of phenolic OH excluding ortho intramolecular Hbond substituents is 1. The molecule has 0 unspecified atom stereocenters. The van der Waals surface area contributed by atoms with E-state index in [1.807, 2.05) is 0 Å². The number of anilines is 1. The third-order valence-electron chi connectivity index (χ3n) is 2.32. The molecule has 0 radical (unpaired) electrons. The van der Waals surface area contributed by atoms with Crippen molar-refractivity contribution in [1.29, 1.82) is 0 Å². The predicted molar refractivity (Wildman–Crippen MR) is 70.3 cm³/mol. The molecule has 2 N–H and O–H groups in total. The summed E-state index contributed by atoms with van der Waals surface area (Å²) in [6, 6.07) is 8.33. The van der Waals surface area contributed by atoms with E-state index in [9.17, 15) is 12.8 Å². The van der Waals surface area contributed by atoms with Crippen LogP contribution in [0.15, 0.2) is 47.4 Å². The Labute approximate surface area is 114 Å². The fraction of sp³-hybridized carbons (Fsp3) is 0. The highest BCUT2D eigenvalue weighted by molar-refractivity contribution is 7.92. The van der Waals surface area contributed by atoms with E-state index in [-0.39, 0.29) is 21.4 Å². The fourth-order valence-corrected chi connectivity index (χ4v) is 2.75. The van der Waals surface area contributed by atoms with Gasteiger partial charge in [-0.15, -0.1) is 0 Å². The molecule has 0 saturated carbocycles. The van der Waals surface area contributed by atoms with Crippen LogP contribution < -0.4 is 4.72 Å². The van der Waals surface area contributed by atoms with Crippen molar-refractivity contribution in [3.63, 3.8) is 0 Å².